The van der Waals surface area contributed by atoms with Crippen molar-refractivity contribution in [1.82, 2.24) is 4.90 Å². The number of rotatable bonds is 5. The average Bonchev–Trinajstić information content (AvgIpc) is 2.92. The van der Waals surface area contributed by atoms with Crippen LogP contribution in [0.3, 0.4) is 0 Å². The van der Waals surface area contributed by atoms with Crippen LogP contribution in [0.15, 0.2) is 47.4 Å². The van der Waals surface area contributed by atoms with Crippen LogP contribution in [-0.4, -0.2) is 43.8 Å². The number of amides is 2. The quantitative estimate of drug-likeness (QED) is 0.379. The van der Waals surface area contributed by atoms with Crippen LogP contribution >= 0.6 is 24.0 Å². The first-order valence-electron chi connectivity index (χ1n) is 8.11. The molecular formula is C19H13FN2O5S2. The first kappa shape index (κ1) is 20.5. The number of carbonyl (C=O) groups is 3. The van der Waals surface area contributed by atoms with Gasteiger partial charge in [-0.25, -0.2) is 9.18 Å². The van der Waals surface area contributed by atoms with Crippen LogP contribution in [-0.2, 0) is 9.59 Å². The number of aromatic carboxylic acids is 1. The fourth-order valence-electron chi connectivity index (χ4n) is 2.50. The van der Waals surface area contributed by atoms with Crippen molar-refractivity contribution in [1.29, 1.82) is 0 Å². The lowest BCUT2D eigenvalue weighted by Gasteiger charge is -2.15. The summed E-state index contributed by atoms with van der Waals surface area (Å²) < 4.78 is 13.2. The van der Waals surface area contributed by atoms with E-state index in [4.69, 9.17) is 12.2 Å². The zero-order chi connectivity index (χ0) is 21.1. The van der Waals surface area contributed by atoms with Crippen molar-refractivity contribution >= 4 is 57.8 Å². The van der Waals surface area contributed by atoms with Crippen LogP contribution in [0.25, 0.3) is 6.08 Å². The van der Waals surface area contributed by atoms with Gasteiger partial charge in [0.15, 0.2) is 0 Å². The maximum absolute atomic E-state index is 13.0. The number of phenols is 1. The van der Waals surface area contributed by atoms with Gasteiger partial charge in [-0.1, -0.05) is 36.1 Å². The molecule has 0 aliphatic carbocycles. The number of thioether (sulfide) groups is 1. The second-order valence-electron chi connectivity index (χ2n) is 5.90. The summed E-state index contributed by atoms with van der Waals surface area (Å²) in [6.07, 6.45) is 1.54. The van der Waals surface area contributed by atoms with Crippen LogP contribution < -0.4 is 5.32 Å². The third kappa shape index (κ3) is 4.79. The van der Waals surface area contributed by atoms with E-state index in [0.29, 0.717) is 5.56 Å². The van der Waals surface area contributed by atoms with E-state index in [1.54, 1.807) is 6.08 Å². The van der Waals surface area contributed by atoms with Crippen molar-refractivity contribution < 1.29 is 29.0 Å². The van der Waals surface area contributed by atoms with E-state index < -0.39 is 30.1 Å². The van der Waals surface area contributed by atoms with Gasteiger partial charge in [-0.15, -0.1) is 0 Å². The lowest BCUT2D eigenvalue weighted by atomic mass is 10.1. The molecule has 0 saturated carbocycles. The smallest absolute Gasteiger partial charge is 0.337 e. The highest BCUT2D eigenvalue weighted by atomic mass is 32.2. The monoisotopic (exact) mass is 432 g/mol. The molecule has 0 radical (unpaired) electrons. The molecule has 7 nitrogen and oxygen atoms in total. The molecule has 148 valence electrons. The molecule has 2 amide bonds. The largest absolute Gasteiger partial charge is 0.508 e. The molecule has 1 aliphatic rings. The molecule has 0 unspecified atom stereocenters. The third-order valence-corrected chi connectivity index (χ3v) is 5.23. The zero-order valence-corrected chi connectivity index (χ0v) is 16.2. The molecule has 0 spiro atoms. The zero-order valence-electron chi connectivity index (χ0n) is 14.6. The molecule has 0 atom stereocenters. The molecule has 0 bridgehead atoms. The van der Waals surface area contributed by atoms with Gasteiger partial charge in [0.2, 0.25) is 5.91 Å². The fraction of sp³-hybridized carbons (Fsp3) is 0.0526. The molecule has 3 rings (SSSR count). The number of phenolic OH excluding ortho intramolecular Hbond substituents is 1. The van der Waals surface area contributed by atoms with Gasteiger partial charge < -0.3 is 15.5 Å². The molecule has 1 heterocycles. The number of nitrogens with one attached hydrogen (secondary N) is 1. The van der Waals surface area contributed by atoms with E-state index in [1.807, 2.05) is 0 Å². The SMILES string of the molecule is O=C(CN1C(=O)C(=Cc2ccc(F)cc2)SC1=S)Nc1ccc(O)cc1C(=O)O. The highest BCUT2D eigenvalue weighted by Gasteiger charge is 2.33. The van der Waals surface area contributed by atoms with E-state index >= 15 is 0 Å². The van der Waals surface area contributed by atoms with Crippen LogP contribution in [0.5, 0.6) is 5.75 Å². The Kier molecular flexibility index (Phi) is 5.95. The van der Waals surface area contributed by atoms with Crippen LogP contribution in [0.1, 0.15) is 15.9 Å². The molecule has 10 heteroatoms. The number of carboxylic acid groups (broad SMARTS) is 1. The molecular weight excluding hydrogens is 419 g/mol. The van der Waals surface area contributed by atoms with Crippen LogP contribution in [0.2, 0.25) is 0 Å². The predicted molar refractivity (Wildman–Crippen MR) is 110 cm³/mol. The number of thiocarbonyl (C=S) groups is 1. The number of hydrogen-bond acceptors (Lipinski definition) is 6. The predicted octanol–water partition coefficient (Wildman–Crippen LogP) is 3.07. The van der Waals surface area contributed by atoms with Gasteiger partial charge in [0.05, 0.1) is 16.2 Å². The van der Waals surface area contributed by atoms with Gasteiger partial charge in [-0.05, 0) is 42.0 Å². The lowest BCUT2D eigenvalue weighted by Crippen LogP contribution is -2.36. The number of benzene rings is 2. The number of carboxylic acids is 1. The Labute approximate surface area is 173 Å². The molecule has 3 N–H and O–H groups in total. The number of hydrogen-bond donors (Lipinski definition) is 3. The number of nitrogens with zero attached hydrogens (tertiary/aromatic N) is 1. The Morgan fingerprint density at radius 2 is 1.90 bits per heavy atom. The molecule has 2 aromatic rings. The number of halogens is 1. The van der Waals surface area contributed by atoms with Gasteiger partial charge in [0.1, 0.15) is 22.4 Å². The summed E-state index contributed by atoms with van der Waals surface area (Å²) in [5.74, 6) is -3.13. The van der Waals surface area contributed by atoms with E-state index in [9.17, 15) is 29.0 Å². The van der Waals surface area contributed by atoms with Crippen LogP contribution in [0, 0.1) is 5.82 Å². The second-order valence-corrected chi connectivity index (χ2v) is 7.58. The van der Waals surface area contributed by atoms with Gasteiger partial charge in [0, 0.05) is 0 Å². The van der Waals surface area contributed by atoms with Crippen molar-refractivity contribution in [3.63, 3.8) is 0 Å². The Hall–Kier alpha value is -3.24. The first-order chi connectivity index (χ1) is 13.7. The number of carbonyl (C=O) groups excluding carboxylic acids is 2. The summed E-state index contributed by atoms with van der Waals surface area (Å²) >= 11 is 6.17. The van der Waals surface area contributed by atoms with E-state index in [2.05, 4.69) is 5.32 Å². The van der Waals surface area contributed by atoms with Crippen molar-refractivity contribution in [2.45, 2.75) is 0 Å². The average molecular weight is 432 g/mol. The minimum absolute atomic E-state index is 0.0207. The highest BCUT2D eigenvalue weighted by molar-refractivity contribution is 8.26. The maximum atomic E-state index is 13.0. The van der Waals surface area contributed by atoms with E-state index in [-0.39, 0.29) is 26.2 Å². The van der Waals surface area contributed by atoms with Crippen molar-refractivity contribution in [3.05, 3.63) is 64.3 Å². The van der Waals surface area contributed by atoms with Crippen molar-refractivity contribution in [2.75, 3.05) is 11.9 Å². The molecule has 2 aromatic carbocycles. The highest BCUT2D eigenvalue weighted by Crippen LogP contribution is 2.32. The van der Waals surface area contributed by atoms with Gasteiger partial charge in [-0.3, -0.25) is 14.5 Å². The number of anilines is 1. The summed E-state index contributed by atoms with van der Waals surface area (Å²) in [7, 11) is 0. The summed E-state index contributed by atoms with van der Waals surface area (Å²) in [6, 6.07) is 9.01. The van der Waals surface area contributed by atoms with Gasteiger partial charge >= 0.3 is 5.97 Å². The molecule has 29 heavy (non-hydrogen) atoms. The summed E-state index contributed by atoms with van der Waals surface area (Å²) in [6.45, 7) is -0.411. The third-order valence-electron chi connectivity index (χ3n) is 3.85. The Bertz CT molecular complexity index is 1050. The summed E-state index contributed by atoms with van der Waals surface area (Å²) in [4.78, 5) is 37.5. The summed E-state index contributed by atoms with van der Waals surface area (Å²) in [5, 5.41) is 21.0. The number of aromatic hydroxyl groups is 1. The van der Waals surface area contributed by atoms with Crippen molar-refractivity contribution in [3.8, 4) is 5.75 Å². The first-order valence-corrected chi connectivity index (χ1v) is 9.34. The second kappa shape index (κ2) is 8.41. The minimum atomic E-state index is -1.33. The minimum Gasteiger partial charge on any atom is -0.508 e. The molecule has 1 saturated heterocycles. The molecule has 0 aromatic heterocycles. The standard InChI is InChI=1S/C19H13FN2O5S2/c20-11-3-1-10(2-4-11)7-15-17(25)22(19(28)29-15)9-16(24)21-14-6-5-12(23)8-13(14)18(26)27/h1-8,23H,9H2,(H,21,24)(H,26,27). The van der Waals surface area contributed by atoms with E-state index in [1.165, 1.54) is 36.4 Å². The van der Waals surface area contributed by atoms with Gasteiger partial charge in [0.25, 0.3) is 5.91 Å². The fourth-order valence-corrected chi connectivity index (χ4v) is 3.75. The molecule has 1 aliphatic heterocycles. The van der Waals surface area contributed by atoms with Crippen LogP contribution in [0.4, 0.5) is 10.1 Å². The Morgan fingerprint density at radius 3 is 2.55 bits per heavy atom. The lowest BCUT2D eigenvalue weighted by molar-refractivity contribution is -0.126. The maximum Gasteiger partial charge on any atom is 0.337 e. The Balaban J connectivity index is 1.73. The topological polar surface area (TPSA) is 107 Å². The van der Waals surface area contributed by atoms with Crippen molar-refractivity contribution in [2.24, 2.45) is 0 Å². The van der Waals surface area contributed by atoms with Gasteiger partial charge in [-0.2, -0.15) is 0 Å². The van der Waals surface area contributed by atoms with E-state index in [0.717, 1.165) is 22.7 Å². The normalized spacial score (nSPS) is 15.1. The molecule has 1 fully saturated rings. The summed E-state index contributed by atoms with van der Waals surface area (Å²) in [5.41, 5.74) is 0.291. The Morgan fingerprint density at radius 1 is 1.21 bits per heavy atom.